The number of carbonyl (C=O) groups excluding carboxylic acids is 1. The average molecular weight is 292 g/mol. The fraction of sp³-hybridized carbons (Fsp3) is 0.286. The number of carbonyl (C=O) groups is 1. The number of hydrogen-bond donors (Lipinski definition) is 0. The van der Waals surface area contributed by atoms with Crippen LogP contribution in [0.15, 0.2) is 29.8 Å². The Morgan fingerprint density at radius 1 is 1.40 bits per heavy atom. The molecule has 5 nitrogen and oxygen atoms in total. The summed E-state index contributed by atoms with van der Waals surface area (Å²) in [5.41, 5.74) is 0.739. The van der Waals surface area contributed by atoms with E-state index in [4.69, 9.17) is 9.47 Å². The Morgan fingerprint density at radius 2 is 2.30 bits per heavy atom. The first-order chi connectivity index (χ1) is 9.79. The van der Waals surface area contributed by atoms with E-state index in [0.29, 0.717) is 13.2 Å². The van der Waals surface area contributed by atoms with Crippen LogP contribution in [-0.4, -0.2) is 42.6 Å². The van der Waals surface area contributed by atoms with Crippen molar-refractivity contribution in [3.05, 3.63) is 40.3 Å². The molecule has 2 aromatic rings. The molecule has 0 radical (unpaired) electrons. The van der Waals surface area contributed by atoms with E-state index in [1.807, 2.05) is 29.7 Å². The highest BCUT2D eigenvalue weighted by molar-refractivity contribution is 7.10. The maximum atomic E-state index is 11.8. The van der Waals surface area contributed by atoms with Crippen LogP contribution in [0.3, 0.4) is 0 Å². The van der Waals surface area contributed by atoms with Gasteiger partial charge in [0.15, 0.2) is 0 Å². The van der Waals surface area contributed by atoms with Gasteiger partial charge in [0.05, 0.1) is 18.9 Å². The van der Waals surface area contributed by atoms with E-state index in [1.165, 1.54) is 4.68 Å². The topological polar surface area (TPSA) is 53.4 Å². The summed E-state index contributed by atoms with van der Waals surface area (Å²) in [5, 5.41) is 6.20. The molecule has 0 saturated heterocycles. The van der Waals surface area contributed by atoms with Crippen LogP contribution in [0.1, 0.15) is 15.4 Å². The summed E-state index contributed by atoms with van der Waals surface area (Å²) < 4.78 is 11.3. The molecule has 0 spiro atoms. The highest BCUT2D eigenvalue weighted by atomic mass is 32.1. The Balaban J connectivity index is 1.86. The zero-order valence-electron chi connectivity index (χ0n) is 11.2. The highest BCUT2D eigenvalue weighted by Gasteiger charge is 2.06. The van der Waals surface area contributed by atoms with Gasteiger partial charge in [-0.1, -0.05) is 6.07 Å². The maximum absolute atomic E-state index is 11.8. The minimum absolute atomic E-state index is 0.000874. The molecule has 0 saturated carbocycles. The molecular weight excluding hydrogens is 276 g/mol. The molecule has 2 aromatic heterocycles. The van der Waals surface area contributed by atoms with Gasteiger partial charge >= 0.3 is 0 Å². The molecule has 2 heterocycles. The molecule has 0 amide bonds. The van der Waals surface area contributed by atoms with Crippen LogP contribution in [0.5, 0.6) is 0 Å². The molecule has 106 valence electrons. The van der Waals surface area contributed by atoms with E-state index in [9.17, 15) is 4.79 Å². The van der Waals surface area contributed by atoms with Crippen molar-refractivity contribution in [1.82, 2.24) is 9.78 Å². The largest absolute Gasteiger partial charge is 0.382 e. The summed E-state index contributed by atoms with van der Waals surface area (Å²) in [6, 6.07) is 5.80. The predicted octanol–water partition coefficient (Wildman–Crippen LogP) is 2.42. The third kappa shape index (κ3) is 4.41. The van der Waals surface area contributed by atoms with Gasteiger partial charge in [-0.2, -0.15) is 5.10 Å². The molecule has 2 rings (SSSR count). The van der Waals surface area contributed by atoms with Crippen molar-refractivity contribution in [3.8, 4) is 0 Å². The molecular formula is C14H16N2O3S. The van der Waals surface area contributed by atoms with Crippen LogP contribution >= 0.6 is 11.3 Å². The van der Waals surface area contributed by atoms with Crippen molar-refractivity contribution in [2.45, 2.75) is 0 Å². The minimum Gasteiger partial charge on any atom is -0.382 e. The highest BCUT2D eigenvalue weighted by Crippen LogP contribution is 2.12. The minimum atomic E-state index is -0.197. The summed E-state index contributed by atoms with van der Waals surface area (Å²) in [6.45, 7) is 0.870. The van der Waals surface area contributed by atoms with E-state index >= 15 is 0 Å². The first-order valence-electron chi connectivity index (χ1n) is 6.17. The number of nitrogens with zero attached hydrogens (tertiary/aromatic N) is 2. The van der Waals surface area contributed by atoms with Crippen molar-refractivity contribution in [1.29, 1.82) is 0 Å². The van der Waals surface area contributed by atoms with Crippen LogP contribution in [0.2, 0.25) is 0 Å². The van der Waals surface area contributed by atoms with Gasteiger partial charge in [0.25, 0.3) is 5.91 Å². The van der Waals surface area contributed by atoms with Crippen molar-refractivity contribution < 1.29 is 14.3 Å². The lowest BCUT2D eigenvalue weighted by atomic mass is 10.3. The van der Waals surface area contributed by atoms with Gasteiger partial charge in [-0.05, 0) is 29.7 Å². The van der Waals surface area contributed by atoms with Crippen molar-refractivity contribution >= 4 is 29.4 Å². The number of hydrogen-bond acceptors (Lipinski definition) is 5. The lowest BCUT2D eigenvalue weighted by Gasteiger charge is -2.02. The summed E-state index contributed by atoms with van der Waals surface area (Å²) in [4.78, 5) is 12.9. The van der Waals surface area contributed by atoms with E-state index < -0.39 is 0 Å². The molecule has 20 heavy (non-hydrogen) atoms. The standard InChI is InChI=1S/C14H16N2O3S/c1-18-8-9-19-11-14(17)16-7-6-12(15-16)4-5-13-3-2-10-20-13/h2-7,10H,8-9,11H2,1H3/b5-4+. The lowest BCUT2D eigenvalue weighted by Crippen LogP contribution is -2.19. The van der Waals surface area contributed by atoms with Gasteiger partial charge in [-0.25, -0.2) is 4.68 Å². The molecule has 0 atom stereocenters. The second-order valence-corrected chi connectivity index (χ2v) is 4.95. The van der Waals surface area contributed by atoms with Gasteiger partial charge in [0.1, 0.15) is 6.61 Å². The molecule has 0 unspecified atom stereocenters. The maximum Gasteiger partial charge on any atom is 0.272 e. The van der Waals surface area contributed by atoms with Crippen LogP contribution in [0.4, 0.5) is 0 Å². The zero-order chi connectivity index (χ0) is 14.2. The van der Waals surface area contributed by atoms with Crippen LogP contribution in [-0.2, 0) is 9.47 Å². The quantitative estimate of drug-likeness (QED) is 0.735. The second-order valence-electron chi connectivity index (χ2n) is 3.97. The Morgan fingerprint density at radius 3 is 3.05 bits per heavy atom. The third-order valence-electron chi connectivity index (χ3n) is 2.48. The van der Waals surface area contributed by atoms with Gasteiger partial charge in [0.2, 0.25) is 0 Å². The van der Waals surface area contributed by atoms with Gasteiger partial charge in [0, 0.05) is 18.2 Å². The smallest absolute Gasteiger partial charge is 0.272 e. The van der Waals surface area contributed by atoms with E-state index in [0.717, 1.165) is 10.6 Å². The molecule has 0 aliphatic carbocycles. The first kappa shape index (κ1) is 14.6. The number of thiophene rings is 1. The van der Waals surface area contributed by atoms with Crippen molar-refractivity contribution in [2.24, 2.45) is 0 Å². The Hall–Kier alpha value is -1.76. The molecule has 0 fully saturated rings. The zero-order valence-corrected chi connectivity index (χ0v) is 12.0. The van der Waals surface area contributed by atoms with Gasteiger partial charge in [-0.15, -0.1) is 11.3 Å². The molecule has 0 aliphatic rings. The Bertz CT molecular complexity index is 561. The number of rotatable bonds is 7. The second kappa shape index (κ2) is 7.74. The number of aromatic nitrogens is 2. The molecule has 0 N–H and O–H groups in total. The van der Waals surface area contributed by atoms with Gasteiger partial charge < -0.3 is 9.47 Å². The fourth-order valence-corrected chi connectivity index (χ4v) is 2.11. The van der Waals surface area contributed by atoms with E-state index in [2.05, 4.69) is 5.10 Å². The van der Waals surface area contributed by atoms with E-state index in [-0.39, 0.29) is 12.5 Å². The SMILES string of the molecule is COCCOCC(=O)n1ccc(/C=C/c2cccs2)n1. The van der Waals surface area contributed by atoms with Crippen LogP contribution < -0.4 is 0 Å². The Kier molecular flexibility index (Phi) is 5.67. The molecule has 6 heteroatoms. The van der Waals surface area contributed by atoms with Crippen LogP contribution in [0.25, 0.3) is 12.2 Å². The summed E-state index contributed by atoms with van der Waals surface area (Å²) >= 11 is 1.65. The summed E-state index contributed by atoms with van der Waals surface area (Å²) in [6.07, 6.45) is 5.48. The number of ether oxygens (including phenoxy) is 2. The Labute approximate surface area is 121 Å². The summed E-state index contributed by atoms with van der Waals surface area (Å²) in [7, 11) is 1.59. The molecule has 0 aromatic carbocycles. The molecule has 0 aliphatic heterocycles. The average Bonchev–Trinajstić information content (AvgIpc) is 3.11. The first-order valence-corrected chi connectivity index (χ1v) is 7.04. The van der Waals surface area contributed by atoms with Crippen molar-refractivity contribution in [3.63, 3.8) is 0 Å². The summed E-state index contributed by atoms with van der Waals surface area (Å²) in [5.74, 6) is -0.197. The normalized spacial score (nSPS) is 11.2. The van der Waals surface area contributed by atoms with E-state index in [1.54, 1.807) is 30.7 Å². The molecule has 0 bridgehead atoms. The monoisotopic (exact) mass is 292 g/mol. The van der Waals surface area contributed by atoms with Crippen LogP contribution in [0, 0.1) is 0 Å². The lowest BCUT2D eigenvalue weighted by molar-refractivity contribution is 0.0503. The third-order valence-corrected chi connectivity index (χ3v) is 3.32. The fourth-order valence-electron chi connectivity index (χ4n) is 1.49. The number of methoxy groups -OCH3 is 1. The predicted molar refractivity (Wildman–Crippen MR) is 78.8 cm³/mol. The van der Waals surface area contributed by atoms with Gasteiger partial charge in [-0.3, -0.25) is 4.79 Å². The van der Waals surface area contributed by atoms with Crippen molar-refractivity contribution in [2.75, 3.05) is 26.9 Å².